The van der Waals surface area contributed by atoms with E-state index in [0.29, 0.717) is 12.5 Å². The van der Waals surface area contributed by atoms with Crippen molar-refractivity contribution in [3.8, 4) is 0 Å². The molecule has 0 spiro atoms. The molecule has 0 saturated carbocycles. The molecule has 4 heteroatoms. The molecular formula is C11H14BrN3. The van der Waals surface area contributed by atoms with Gasteiger partial charge in [0, 0.05) is 12.7 Å². The third-order valence-electron chi connectivity index (χ3n) is 2.44. The maximum Gasteiger partial charge on any atom is 0.138 e. The number of imidazole rings is 1. The molecule has 2 aromatic heterocycles. The fraction of sp³-hybridized carbons (Fsp3) is 0.364. The van der Waals surface area contributed by atoms with Crippen molar-refractivity contribution < 1.29 is 0 Å². The number of nitrogens with two attached hydrogens (primary N) is 1. The molecule has 2 aromatic rings. The summed E-state index contributed by atoms with van der Waals surface area (Å²) < 4.78 is 3.07. The molecule has 0 aliphatic heterocycles. The van der Waals surface area contributed by atoms with Gasteiger partial charge in [-0.15, -0.1) is 0 Å². The summed E-state index contributed by atoms with van der Waals surface area (Å²) in [5, 5.41) is 0. The van der Waals surface area contributed by atoms with Crippen LogP contribution in [0.2, 0.25) is 0 Å². The molecule has 2 N–H and O–H groups in total. The molecule has 2 rings (SSSR count). The Morgan fingerprint density at radius 2 is 2.27 bits per heavy atom. The number of hydrogen-bond acceptors (Lipinski definition) is 2. The van der Waals surface area contributed by atoms with Gasteiger partial charge in [0.05, 0.1) is 5.69 Å². The normalized spacial score (nSPS) is 11.5. The minimum absolute atomic E-state index is 0.417. The average molecular weight is 268 g/mol. The highest BCUT2D eigenvalue weighted by Gasteiger charge is 2.12. The van der Waals surface area contributed by atoms with Crippen LogP contribution in [-0.4, -0.2) is 9.38 Å². The summed E-state index contributed by atoms with van der Waals surface area (Å²) in [7, 11) is 0. The molecule has 0 fully saturated rings. The second kappa shape index (κ2) is 3.94. The number of pyridine rings is 1. The summed E-state index contributed by atoms with van der Waals surface area (Å²) in [6.45, 7) is 4.82. The Morgan fingerprint density at radius 1 is 1.53 bits per heavy atom. The number of nitrogens with zero attached hydrogens (tertiary/aromatic N) is 2. The molecule has 2 heterocycles. The Morgan fingerprint density at radius 3 is 2.87 bits per heavy atom. The van der Waals surface area contributed by atoms with Gasteiger partial charge in [-0.25, -0.2) is 4.98 Å². The summed E-state index contributed by atoms with van der Waals surface area (Å²) in [6, 6.07) is 4.04. The predicted octanol–water partition coefficient (Wildman–Crippen LogP) is 2.68. The van der Waals surface area contributed by atoms with Crippen molar-refractivity contribution in [2.24, 2.45) is 5.73 Å². The van der Waals surface area contributed by atoms with E-state index in [1.54, 1.807) is 0 Å². The van der Waals surface area contributed by atoms with Crippen molar-refractivity contribution >= 4 is 21.6 Å². The first-order valence-electron chi connectivity index (χ1n) is 5.00. The lowest BCUT2D eigenvalue weighted by atomic mass is 10.2. The first-order chi connectivity index (χ1) is 7.13. The van der Waals surface area contributed by atoms with Crippen LogP contribution in [0.1, 0.15) is 31.0 Å². The van der Waals surface area contributed by atoms with Crippen molar-refractivity contribution in [2.45, 2.75) is 26.3 Å². The Balaban J connectivity index is 2.65. The molecule has 3 nitrogen and oxygen atoms in total. The fourth-order valence-corrected chi connectivity index (χ4v) is 2.42. The second-order valence-electron chi connectivity index (χ2n) is 3.91. The van der Waals surface area contributed by atoms with Gasteiger partial charge in [0.1, 0.15) is 10.3 Å². The minimum atomic E-state index is 0.417. The lowest BCUT2D eigenvalue weighted by molar-refractivity contribution is 0.826. The lowest BCUT2D eigenvalue weighted by Gasteiger charge is -2.00. The second-order valence-corrected chi connectivity index (χ2v) is 4.66. The Labute approximate surface area is 97.4 Å². The molecule has 0 bridgehead atoms. The van der Waals surface area contributed by atoms with E-state index < -0.39 is 0 Å². The van der Waals surface area contributed by atoms with Gasteiger partial charge in [-0.3, -0.25) is 4.40 Å². The molecule has 0 unspecified atom stereocenters. The molecule has 0 atom stereocenters. The topological polar surface area (TPSA) is 43.3 Å². The van der Waals surface area contributed by atoms with Gasteiger partial charge < -0.3 is 5.73 Å². The van der Waals surface area contributed by atoms with E-state index in [-0.39, 0.29) is 0 Å². The zero-order chi connectivity index (χ0) is 11.0. The Hall–Kier alpha value is -0.870. The SMILES string of the molecule is CC(C)c1nc2cc(CN)ccn2c1Br. The van der Waals surface area contributed by atoms with E-state index >= 15 is 0 Å². The van der Waals surface area contributed by atoms with Crippen molar-refractivity contribution in [3.63, 3.8) is 0 Å². The van der Waals surface area contributed by atoms with Crippen LogP contribution in [0.3, 0.4) is 0 Å². The van der Waals surface area contributed by atoms with Crippen LogP contribution < -0.4 is 5.73 Å². The van der Waals surface area contributed by atoms with Crippen molar-refractivity contribution in [3.05, 3.63) is 34.2 Å². The summed E-state index contributed by atoms with van der Waals surface area (Å²) in [5.74, 6) is 0.417. The van der Waals surface area contributed by atoms with E-state index in [4.69, 9.17) is 5.73 Å². The summed E-state index contributed by atoms with van der Waals surface area (Å²) in [6.07, 6.45) is 2.00. The number of halogens is 1. The van der Waals surface area contributed by atoms with Crippen LogP contribution in [0.4, 0.5) is 0 Å². The first-order valence-corrected chi connectivity index (χ1v) is 5.79. The van der Waals surface area contributed by atoms with E-state index in [9.17, 15) is 0 Å². The quantitative estimate of drug-likeness (QED) is 0.909. The number of hydrogen-bond donors (Lipinski definition) is 1. The smallest absolute Gasteiger partial charge is 0.138 e. The Kier molecular flexibility index (Phi) is 2.80. The number of rotatable bonds is 2. The summed E-state index contributed by atoms with van der Waals surface area (Å²) >= 11 is 3.57. The maximum absolute atomic E-state index is 5.60. The van der Waals surface area contributed by atoms with E-state index in [1.165, 1.54) is 0 Å². The molecule has 0 aromatic carbocycles. The van der Waals surface area contributed by atoms with Gasteiger partial charge in [-0.2, -0.15) is 0 Å². The van der Waals surface area contributed by atoms with Crippen LogP contribution in [0.5, 0.6) is 0 Å². The third kappa shape index (κ3) is 1.79. The van der Waals surface area contributed by atoms with Crippen LogP contribution in [-0.2, 0) is 6.54 Å². The van der Waals surface area contributed by atoms with Crippen LogP contribution >= 0.6 is 15.9 Å². The zero-order valence-electron chi connectivity index (χ0n) is 8.87. The van der Waals surface area contributed by atoms with Crippen LogP contribution in [0.15, 0.2) is 22.9 Å². The van der Waals surface area contributed by atoms with Crippen LogP contribution in [0.25, 0.3) is 5.65 Å². The van der Waals surface area contributed by atoms with Crippen molar-refractivity contribution in [1.29, 1.82) is 0 Å². The highest BCUT2D eigenvalue weighted by Crippen LogP contribution is 2.25. The van der Waals surface area contributed by atoms with Crippen LogP contribution in [0, 0.1) is 0 Å². The summed E-state index contributed by atoms with van der Waals surface area (Å²) in [4.78, 5) is 4.58. The maximum atomic E-state index is 5.60. The third-order valence-corrected chi connectivity index (χ3v) is 3.23. The molecule has 0 aliphatic carbocycles. The predicted molar refractivity (Wildman–Crippen MR) is 64.9 cm³/mol. The molecule has 0 saturated heterocycles. The molecule has 0 radical (unpaired) electrons. The lowest BCUT2D eigenvalue weighted by Crippen LogP contribution is -1.97. The van der Waals surface area contributed by atoms with Crippen molar-refractivity contribution in [2.75, 3.05) is 0 Å². The largest absolute Gasteiger partial charge is 0.326 e. The fourth-order valence-electron chi connectivity index (χ4n) is 1.57. The van der Waals surface area contributed by atoms with E-state index in [2.05, 4.69) is 34.8 Å². The average Bonchev–Trinajstić information content (AvgIpc) is 2.55. The number of fused-ring (bicyclic) bond motifs is 1. The van der Waals surface area contributed by atoms with E-state index in [1.807, 2.05) is 22.7 Å². The molecule has 15 heavy (non-hydrogen) atoms. The minimum Gasteiger partial charge on any atom is -0.326 e. The van der Waals surface area contributed by atoms with Gasteiger partial charge in [0.2, 0.25) is 0 Å². The van der Waals surface area contributed by atoms with Crippen molar-refractivity contribution in [1.82, 2.24) is 9.38 Å². The molecule has 0 amide bonds. The van der Waals surface area contributed by atoms with E-state index in [0.717, 1.165) is 21.5 Å². The van der Waals surface area contributed by atoms with Gasteiger partial charge in [0.15, 0.2) is 0 Å². The zero-order valence-corrected chi connectivity index (χ0v) is 10.5. The number of aromatic nitrogens is 2. The molecule has 0 aliphatic rings. The molecular weight excluding hydrogens is 254 g/mol. The Bertz CT molecular complexity index is 488. The van der Waals surface area contributed by atoms with Gasteiger partial charge in [-0.1, -0.05) is 13.8 Å². The standard InChI is InChI=1S/C11H14BrN3/c1-7(2)10-11(12)15-4-3-8(6-13)5-9(15)14-10/h3-5,7H,6,13H2,1-2H3. The van der Waals surface area contributed by atoms with Gasteiger partial charge >= 0.3 is 0 Å². The molecule has 80 valence electrons. The van der Waals surface area contributed by atoms with Gasteiger partial charge in [-0.05, 0) is 39.5 Å². The highest BCUT2D eigenvalue weighted by atomic mass is 79.9. The summed E-state index contributed by atoms with van der Waals surface area (Å²) in [5.41, 5.74) is 8.74. The highest BCUT2D eigenvalue weighted by molar-refractivity contribution is 9.10. The first kappa shape index (κ1) is 10.6. The van der Waals surface area contributed by atoms with Gasteiger partial charge in [0.25, 0.3) is 0 Å². The monoisotopic (exact) mass is 267 g/mol.